The lowest BCUT2D eigenvalue weighted by atomic mass is 9.73. The van der Waals surface area contributed by atoms with Crippen LogP contribution in [0.1, 0.15) is 40.0 Å². The molecular formula is C16H35N3. The zero-order valence-corrected chi connectivity index (χ0v) is 13.8. The van der Waals surface area contributed by atoms with Crippen LogP contribution in [0, 0.1) is 17.3 Å². The molecule has 1 rings (SSSR count). The fourth-order valence-corrected chi connectivity index (χ4v) is 3.18. The number of nitrogens with one attached hydrogen (secondary N) is 2. The van der Waals surface area contributed by atoms with Crippen molar-refractivity contribution in [3.63, 3.8) is 0 Å². The van der Waals surface area contributed by atoms with Crippen molar-refractivity contribution in [3.8, 4) is 0 Å². The maximum absolute atomic E-state index is 3.72. The molecule has 1 saturated heterocycles. The van der Waals surface area contributed by atoms with Gasteiger partial charge in [0.05, 0.1) is 0 Å². The number of hydrogen-bond acceptors (Lipinski definition) is 3. The lowest BCUT2D eigenvalue weighted by Crippen LogP contribution is -2.43. The Bertz CT molecular complexity index is 232. The third kappa shape index (κ3) is 5.80. The predicted molar refractivity (Wildman–Crippen MR) is 84.6 cm³/mol. The van der Waals surface area contributed by atoms with Crippen molar-refractivity contribution >= 4 is 0 Å². The minimum atomic E-state index is 0.430. The Morgan fingerprint density at radius 3 is 2.37 bits per heavy atom. The smallest absolute Gasteiger partial charge is 0.000531 e. The molecule has 0 saturated carbocycles. The van der Waals surface area contributed by atoms with Gasteiger partial charge in [0.15, 0.2) is 0 Å². The van der Waals surface area contributed by atoms with Gasteiger partial charge < -0.3 is 15.5 Å². The summed E-state index contributed by atoms with van der Waals surface area (Å²) in [4.78, 5) is 2.46. The molecule has 0 bridgehead atoms. The van der Waals surface area contributed by atoms with Crippen LogP contribution in [0.5, 0.6) is 0 Å². The summed E-state index contributed by atoms with van der Waals surface area (Å²) in [6.07, 6.45) is 3.97. The maximum atomic E-state index is 3.72. The third-order valence-electron chi connectivity index (χ3n) is 4.91. The van der Waals surface area contributed by atoms with Gasteiger partial charge in [-0.05, 0) is 70.4 Å². The number of nitrogens with zero attached hydrogens (tertiary/aromatic N) is 1. The summed E-state index contributed by atoms with van der Waals surface area (Å²) < 4.78 is 0. The summed E-state index contributed by atoms with van der Waals surface area (Å²) in [6.45, 7) is 13.1. The van der Waals surface area contributed by atoms with E-state index in [0.717, 1.165) is 31.5 Å². The molecule has 19 heavy (non-hydrogen) atoms. The quantitative estimate of drug-likeness (QED) is 0.707. The first kappa shape index (κ1) is 16.9. The Labute approximate surface area is 120 Å². The van der Waals surface area contributed by atoms with Crippen molar-refractivity contribution in [1.82, 2.24) is 15.5 Å². The molecule has 0 radical (unpaired) electrons. The second kappa shape index (κ2) is 8.23. The largest absolute Gasteiger partial charge is 0.319 e. The third-order valence-corrected chi connectivity index (χ3v) is 4.91. The van der Waals surface area contributed by atoms with Gasteiger partial charge in [-0.1, -0.05) is 27.2 Å². The van der Waals surface area contributed by atoms with Gasteiger partial charge in [-0.25, -0.2) is 0 Å². The standard InChI is InChI=1S/C16H35N3/c1-6-14(11-17-4)12-18-13-16(2,3)15-7-9-19(5)10-8-15/h14-15,17-18H,6-13H2,1-5H3. The van der Waals surface area contributed by atoms with Crippen LogP contribution in [0.4, 0.5) is 0 Å². The number of rotatable bonds is 8. The molecule has 1 aliphatic heterocycles. The summed E-state index contributed by atoms with van der Waals surface area (Å²) in [5.74, 6) is 1.64. The Morgan fingerprint density at radius 2 is 1.84 bits per heavy atom. The lowest BCUT2D eigenvalue weighted by molar-refractivity contribution is 0.112. The number of hydrogen-bond donors (Lipinski definition) is 2. The molecular weight excluding hydrogens is 234 g/mol. The summed E-state index contributed by atoms with van der Waals surface area (Å²) in [5.41, 5.74) is 0.430. The van der Waals surface area contributed by atoms with Gasteiger partial charge in [-0.2, -0.15) is 0 Å². The average molecular weight is 269 g/mol. The van der Waals surface area contributed by atoms with Gasteiger partial charge in [0, 0.05) is 6.54 Å². The number of piperidine rings is 1. The van der Waals surface area contributed by atoms with Gasteiger partial charge in [-0.3, -0.25) is 0 Å². The van der Waals surface area contributed by atoms with E-state index in [4.69, 9.17) is 0 Å². The second-order valence-electron chi connectivity index (χ2n) is 7.03. The van der Waals surface area contributed by atoms with Gasteiger partial charge in [0.2, 0.25) is 0 Å². The zero-order chi connectivity index (χ0) is 14.3. The van der Waals surface area contributed by atoms with Crippen LogP contribution >= 0.6 is 0 Å². The van der Waals surface area contributed by atoms with E-state index >= 15 is 0 Å². The topological polar surface area (TPSA) is 27.3 Å². The van der Waals surface area contributed by atoms with E-state index < -0.39 is 0 Å². The molecule has 0 aliphatic carbocycles. The first-order valence-electron chi connectivity index (χ1n) is 8.03. The molecule has 0 aromatic carbocycles. The Hall–Kier alpha value is -0.120. The van der Waals surface area contributed by atoms with E-state index in [1.54, 1.807) is 0 Å². The molecule has 1 fully saturated rings. The monoisotopic (exact) mass is 269 g/mol. The summed E-state index contributed by atoms with van der Waals surface area (Å²) in [7, 11) is 4.29. The highest BCUT2D eigenvalue weighted by atomic mass is 15.1. The summed E-state index contributed by atoms with van der Waals surface area (Å²) in [5, 5.41) is 7.01. The van der Waals surface area contributed by atoms with Gasteiger partial charge in [-0.15, -0.1) is 0 Å². The highest BCUT2D eigenvalue weighted by molar-refractivity contribution is 4.84. The molecule has 3 heteroatoms. The molecule has 0 aromatic heterocycles. The van der Waals surface area contributed by atoms with Crippen LogP contribution < -0.4 is 10.6 Å². The SMILES string of the molecule is CCC(CNC)CNCC(C)(C)C1CCN(C)CC1. The fourth-order valence-electron chi connectivity index (χ4n) is 3.18. The normalized spacial score (nSPS) is 20.7. The van der Waals surface area contributed by atoms with Gasteiger partial charge in [0.25, 0.3) is 0 Å². The highest BCUT2D eigenvalue weighted by Crippen LogP contribution is 2.34. The Balaban J connectivity index is 2.29. The molecule has 1 unspecified atom stereocenters. The molecule has 3 nitrogen and oxygen atoms in total. The van der Waals surface area contributed by atoms with E-state index in [2.05, 4.69) is 43.4 Å². The van der Waals surface area contributed by atoms with Gasteiger partial charge in [0.1, 0.15) is 0 Å². The van der Waals surface area contributed by atoms with E-state index in [1.165, 1.54) is 32.4 Å². The zero-order valence-electron chi connectivity index (χ0n) is 13.8. The predicted octanol–water partition coefficient (Wildman–Crippen LogP) is 2.19. The van der Waals surface area contributed by atoms with Crippen LogP contribution in [0.15, 0.2) is 0 Å². The Kier molecular flexibility index (Phi) is 7.33. The van der Waals surface area contributed by atoms with Crippen LogP contribution in [-0.4, -0.2) is 51.7 Å². The van der Waals surface area contributed by atoms with E-state index in [-0.39, 0.29) is 0 Å². The highest BCUT2D eigenvalue weighted by Gasteiger charge is 2.31. The molecule has 1 heterocycles. The molecule has 0 spiro atoms. The first-order chi connectivity index (χ1) is 8.99. The minimum absolute atomic E-state index is 0.430. The van der Waals surface area contributed by atoms with E-state index in [9.17, 15) is 0 Å². The van der Waals surface area contributed by atoms with Crippen LogP contribution in [0.2, 0.25) is 0 Å². The van der Waals surface area contributed by atoms with Crippen molar-refractivity contribution < 1.29 is 0 Å². The van der Waals surface area contributed by atoms with Gasteiger partial charge >= 0.3 is 0 Å². The fraction of sp³-hybridized carbons (Fsp3) is 1.00. The Morgan fingerprint density at radius 1 is 1.21 bits per heavy atom. The molecule has 2 N–H and O–H groups in total. The van der Waals surface area contributed by atoms with Crippen molar-refractivity contribution in [1.29, 1.82) is 0 Å². The maximum Gasteiger partial charge on any atom is 0.000531 e. The van der Waals surface area contributed by atoms with E-state index in [0.29, 0.717) is 5.41 Å². The molecule has 1 atom stereocenters. The van der Waals surface area contributed by atoms with E-state index in [1.807, 2.05) is 7.05 Å². The second-order valence-corrected chi connectivity index (χ2v) is 7.03. The summed E-state index contributed by atoms with van der Waals surface area (Å²) >= 11 is 0. The van der Waals surface area contributed by atoms with Crippen LogP contribution in [-0.2, 0) is 0 Å². The van der Waals surface area contributed by atoms with Crippen LogP contribution in [0.3, 0.4) is 0 Å². The first-order valence-corrected chi connectivity index (χ1v) is 8.03. The number of likely N-dealkylation sites (tertiary alicyclic amines) is 1. The lowest BCUT2D eigenvalue weighted by Gasteiger charge is -2.40. The molecule has 114 valence electrons. The van der Waals surface area contributed by atoms with Crippen molar-refractivity contribution in [3.05, 3.63) is 0 Å². The minimum Gasteiger partial charge on any atom is -0.319 e. The molecule has 1 aliphatic rings. The van der Waals surface area contributed by atoms with Crippen molar-refractivity contribution in [2.24, 2.45) is 17.3 Å². The summed E-state index contributed by atoms with van der Waals surface area (Å²) in [6, 6.07) is 0. The molecule has 0 amide bonds. The average Bonchev–Trinajstić information content (AvgIpc) is 2.38. The van der Waals surface area contributed by atoms with Crippen LogP contribution in [0.25, 0.3) is 0 Å². The molecule has 0 aromatic rings. The van der Waals surface area contributed by atoms with Crippen molar-refractivity contribution in [2.75, 3.05) is 46.8 Å². The van der Waals surface area contributed by atoms with Crippen molar-refractivity contribution in [2.45, 2.75) is 40.0 Å².